The number of hydrogen-bond acceptors (Lipinski definition) is 7. The smallest absolute Gasteiger partial charge is 0.344 e. The van der Waals surface area contributed by atoms with Gasteiger partial charge in [0, 0.05) is 12.4 Å². The van der Waals surface area contributed by atoms with Gasteiger partial charge in [0.1, 0.15) is 24.5 Å². The van der Waals surface area contributed by atoms with E-state index in [1.54, 1.807) is 25.4 Å². The summed E-state index contributed by atoms with van der Waals surface area (Å²) in [7, 11) is -3.74. The number of rotatable bonds is 6. The van der Waals surface area contributed by atoms with Crippen molar-refractivity contribution in [3.63, 3.8) is 0 Å². The van der Waals surface area contributed by atoms with Crippen molar-refractivity contribution in [1.29, 1.82) is 0 Å². The SMILES string of the molecule is Cc1nn2cccnc2c1C(=O)OCCOc1ccc(S(N)(=O)=O)cc1. The lowest BCUT2D eigenvalue weighted by Crippen LogP contribution is -2.14. The molecule has 0 atom stereocenters. The van der Waals surface area contributed by atoms with Crippen molar-refractivity contribution in [2.24, 2.45) is 5.14 Å². The summed E-state index contributed by atoms with van der Waals surface area (Å²) < 4.78 is 34.5. The van der Waals surface area contributed by atoms with E-state index in [1.807, 2.05) is 0 Å². The second-order valence-corrected chi connectivity index (χ2v) is 6.91. The minimum atomic E-state index is -3.74. The van der Waals surface area contributed by atoms with Gasteiger partial charge < -0.3 is 9.47 Å². The van der Waals surface area contributed by atoms with E-state index in [0.29, 0.717) is 22.7 Å². The molecule has 0 amide bonds. The van der Waals surface area contributed by atoms with Crippen LogP contribution in [0.2, 0.25) is 0 Å². The van der Waals surface area contributed by atoms with Crippen LogP contribution in [-0.4, -0.2) is 42.2 Å². The molecule has 2 N–H and O–H groups in total. The van der Waals surface area contributed by atoms with Crippen molar-refractivity contribution >= 4 is 21.6 Å². The van der Waals surface area contributed by atoms with Gasteiger partial charge in [-0.25, -0.2) is 27.9 Å². The first-order chi connectivity index (χ1) is 12.4. The summed E-state index contributed by atoms with van der Waals surface area (Å²) in [6.45, 7) is 1.82. The van der Waals surface area contributed by atoms with E-state index in [2.05, 4.69) is 10.1 Å². The number of fused-ring (bicyclic) bond motifs is 1. The maximum absolute atomic E-state index is 12.3. The van der Waals surface area contributed by atoms with Gasteiger partial charge in [0.15, 0.2) is 5.65 Å². The molecular formula is C16H16N4O5S. The summed E-state index contributed by atoms with van der Waals surface area (Å²) in [5.74, 6) is -0.105. The van der Waals surface area contributed by atoms with Crippen molar-refractivity contribution in [1.82, 2.24) is 14.6 Å². The molecule has 26 heavy (non-hydrogen) atoms. The Morgan fingerprint density at radius 3 is 2.65 bits per heavy atom. The number of hydrogen-bond donors (Lipinski definition) is 1. The summed E-state index contributed by atoms with van der Waals surface area (Å²) in [6, 6.07) is 7.33. The van der Waals surface area contributed by atoms with Gasteiger partial charge in [0.25, 0.3) is 0 Å². The normalized spacial score (nSPS) is 11.5. The lowest BCUT2D eigenvalue weighted by Gasteiger charge is -2.07. The van der Waals surface area contributed by atoms with E-state index in [-0.39, 0.29) is 18.1 Å². The van der Waals surface area contributed by atoms with Gasteiger partial charge in [-0.3, -0.25) is 0 Å². The molecule has 0 bridgehead atoms. The fourth-order valence-corrected chi connectivity index (χ4v) is 2.84. The zero-order valence-corrected chi connectivity index (χ0v) is 14.6. The van der Waals surface area contributed by atoms with Crippen LogP contribution in [0.4, 0.5) is 0 Å². The first-order valence-electron chi connectivity index (χ1n) is 7.59. The minimum absolute atomic E-state index is 0.00709. The largest absolute Gasteiger partial charge is 0.490 e. The second kappa shape index (κ2) is 7.10. The van der Waals surface area contributed by atoms with Gasteiger partial charge in [-0.15, -0.1) is 0 Å². The third kappa shape index (κ3) is 3.81. The second-order valence-electron chi connectivity index (χ2n) is 5.35. The number of esters is 1. The molecule has 10 heteroatoms. The van der Waals surface area contributed by atoms with Crippen LogP contribution >= 0.6 is 0 Å². The summed E-state index contributed by atoms with van der Waals surface area (Å²) >= 11 is 0. The Morgan fingerprint density at radius 2 is 1.96 bits per heavy atom. The fourth-order valence-electron chi connectivity index (χ4n) is 2.33. The van der Waals surface area contributed by atoms with E-state index >= 15 is 0 Å². The van der Waals surface area contributed by atoms with Crippen LogP contribution in [0.25, 0.3) is 5.65 Å². The Bertz CT molecular complexity index is 1040. The molecule has 3 aromatic rings. The third-order valence-corrected chi connectivity index (χ3v) is 4.44. The van der Waals surface area contributed by atoms with Gasteiger partial charge in [-0.1, -0.05) is 0 Å². The number of nitrogens with zero attached hydrogens (tertiary/aromatic N) is 3. The highest BCUT2D eigenvalue weighted by Crippen LogP contribution is 2.16. The number of aromatic nitrogens is 3. The lowest BCUT2D eigenvalue weighted by molar-refractivity contribution is 0.0451. The molecule has 0 saturated heterocycles. The molecule has 0 fully saturated rings. The van der Waals surface area contributed by atoms with Crippen molar-refractivity contribution in [2.75, 3.05) is 13.2 Å². The van der Waals surface area contributed by atoms with Crippen LogP contribution in [0.5, 0.6) is 5.75 Å². The van der Waals surface area contributed by atoms with Gasteiger partial charge >= 0.3 is 5.97 Å². The van der Waals surface area contributed by atoms with E-state index < -0.39 is 16.0 Å². The number of ether oxygens (including phenoxy) is 2. The molecule has 9 nitrogen and oxygen atoms in total. The van der Waals surface area contributed by atoms with Crippen LogP contribution < -0.4 is 9.88 Å². The maximum Gasteiger partial charge on any atom is 0.344 e. The summed E-state index contributed by atoms with van der Waals surface area (Å²) in [4.78, 5) is 16.4. The molecule has 3 rings (SSSR count). The Morgan fingerprint density at radius 1 is 1.23 bits per heavy atom. The fraction of sp³-hybridized carbons (Fsp3) is 0.188. The van der Waals surface area contributed by atoms with Crippen molar-refractivity contribution in [3.05, 3.63) is 54.0 Å². The highest BCUT2D eigenvalue weighted by Gasteiger charge is 2.19. The Balaban J connectivity index is 1.56. The zero-order valence-electron chi connectivity index (χ0n) is 13.8. The zero-order chi connectivity index (χ0) is 18.7. The molecule has 0 aliphatic heterocycles. The van der Waals surface area contributed by atoms with Crippen molar-refractivity contribution in [2.45, 2.75) is 11.8 Å². The average molecular weight is 376 g/mol. The topological polar surface area (TPSA) is 126 Å². The number of nitrogens with two attached hydrogens (primary N) is 1. The van der Waals surface area contributed by atoms with E-state index in [9.17, 15) is 13.2 Å². The number of carbonyl (C=O) groups is 1. The van der Waals surface area contributed by atoms with Gasteiger partial charge in [-0.2, -0.15) is 5.10 Å². The monoisotopic (exact) mass is 376 g/mol. The molecule has 0 radical (unpaired) electrons. The summed E-state index contributed by atoms with van der Waals surface area (Å²) in [6.07, 6.45) is 3.27. The Hall–Kier alpha value is -2.98. The van der Waals surface area contributed by atoms with Gasteiger partial charge in [0.2, 0.25) is 10.0 Å². The number of primary sulfonamides is 1. The standard InChI is InChI=1S/C16H16N4O5S/c1-11-14(15-18-7-2-8-20(15)19-11)16(21)25-10-9-24-12-3-5-13(6-4-12)26(17,22)23/h2-8H,9-10H2,1H3,(H2,17,22,23). The first kappa shape index (κ1) is 17.8. The third-order valence-electron chi connectivity index (χ3n) is 3.51. The van der Waals surface area contributed by atoms with E-state index in [1.165, 1.54) is 28.8 Å². The minimum Gasteiger partial charge on any atom is -0.490 e. The number of benzene rings is 1. The molecule has 0 aliphatic rings. The summed E-state index contributed by atoms with van der Waals surface area (Å²) in [5.41, 5.74) is 1.26. The predicted molar refractivity (Wildman–Crippen MR) is 91.3 cm³/mol. The summed E-state index contributed by atoms with van der Waals surface area (Å²) in [5, 5.41) is 9.22. The molecule has 0 unspecified atom stereocenters. The highest BCUT2D eigenvalue weighted by molar-refractivity contribution is 7.89. The average Bonchev–Trinajstić information content (AvgIpc) is 2.94. The highest BCUT2D eigenvalue weighted by atomic mass is 32.2. The Kier molecular flexibility index (Phi) is 4.87. The molecule has 2 heterocycles. The maximum atomic E-state index is 12.3. The molecule has 136 valence electrons. The Labute approximate surface area is 149 Å². The molecule has 0 saturated carbocycles. The molecule has 1 aromatic carbocycles. The predicted octanol–water partition coefficient (Wildman–Crippen LogP) is 0.921. The van der Waals surface area contributed by atoms with Crippen LogP contribution in [-0.2, 0) is 14.8 Å². The number of aryl methyl sites for hydroxylation is 1. The first-order valence-corrected chi connectivity index (χ1v) is 9.13. The van der Waals surface area contributed by atoms with Crippen LogP contribution in [0, 0.1) is 6.92 Å². The van der Waals surface area contributed by atoms with Crippen LogP contribution in [0.3, 0.4) is 0 Å². The molecule has 0 aliphatic carbocycles. The molecular weight excluding hydrogens is 360 g/mol. The van der Waals surface area contributed by atoms with Gasteiger partial charge in [-0.05, 0) is 37.3 Å². The van der Waals surface area contributed by atoms with Crippen molar-refractivity contribution < 1.29 is 22.7 Å². The number of carbonyl (C=O) groups excluding carboxylic acids is 1. The van der Waals surface area contributed by atoms with Gasteiger partial charge in [0.05, 0.1) is 10.6 Å². The van der Waals surface area contributed by atoms with E-state index in [0.717, 1.165) is 0 Å². The van der Waals surface area contributed by atoms with Crippen LogP contribution in [0.1, 0.15) is 16.1 Å². The van der Waals surface area contributed by atoms with Crippen molar-refractivity contribution in [3.8, 4) is 5.75 Å². The van der Waals surface area contributed by atoms with E-state index in [4.69, 9.17) is 14.6 Å². The quantitative estimate of drug-likeness (QED) is 0.501. The molecule has 2 aromatic heterocycles. The van der Waals surface area contributed by atoms with Crippen LogP contribution in [0.15, 0.2) is 47.6 Å². The molecule has 0 spiro atoms. The lowest BCUT2D eigenvalue weighted by atomic mass is 10.2. The number of sulfonamides is 1.